The van der Waals surface area contributed by atoms with Crippen molar-refractivity contribution in [3.63, 3.8) is 0 Å². The molecule has 0 unspecified atom stereocenters. The van der Waals surface area contributed by atoms with E-state index in [4.69, 9.17) is 40.3 Å². The molecule has 0 saturated carbocycles. The number of ether oxygens (including phenoxy) is 5. The Bertz CT molecular complexity index is 1580. The van der Waals surface area contributed by atoms with Gasteiger partial charge in [-0.2, -0.15) is 15.0 Å². The lowest BCUT2D eigenvalue weighted by Gasteiger charge is -2.30. The van der Waals surface area contributed by atoms with Crippen molar-refractivity contribution in [2.24, 2.45) is 0 Å². The molecule has 228 valence electrons. The highest BCUT2D eigenvalue weighted by Gasteiger charge is 2.36. The minimum atomic E-state index is -0.398. The number of nitrogens with zero attached hydrogens (tertiary/aromatic N) is 6. The second-order valence-corrected chi connectivity index (χ2v) is 11.6. The molecule has 0 radical (unpaired) electrons. The summed E-state index contributed by atoms with van der Waals surface area (Å²) in [6.07, 6.45) is 1.67. The molecule has 15 heteroatoms. The number of amides is 2. The van der Waals surface area contributed by atoms with E-state index in [-0.39, 0.29) is 24.6 Å². The first-order valence-corrected chi connectivity index (χ1v) is 15.2. The molecule has 0 spiro atoms. The Balaban J connectivity index is 1.06. The fourth-order valence-electron chi connectivity index (χ4n) is 4.97. The Morgan fingerprint density at radius 2 is 1.48 bits per heavy atom. The molecule has 4 aliphatic heterocycles. The normalized spacial score (nSPS) is 19.3. The van der Waals surface area contributed by atoms with E-state index in [1.165, 1.54) is 0 Å². The summed E-state index contributed by atoms with van der Waals surface area (Å²) >= 11 is 7.25. The summed E-state index contributed by atoms with van der Waals surface area (Å²) in [6, 6.07) is 10.6. The van der Waals surface area contributed by atoms with Gasteiger partial charge in [0.05, 0.1) is 37.9 Å². The van der Waals surface area contributed by atoms with Gasteiger partial charge in [0, 0.05) is 37.3 Å². The molecule has 2 aromatic carbocycles. The SMILES string of the molecule is O=C1S/C(=C\c2ccc(Oc3nc(N4CCOCC4)nc(N4CCOCC4)n3)cc2)C(=O)N1Cc1cc2c(cc1Cl)OCO2. The fraction of sp³-hybridized carbons (Fsp3) is 0.345. The maximum absolute atomic E-state index is 13.1. The maximum Gasteiger partial charge on any atom is 0.328 e. The van der Waals surface area contributed by atoms with Crippen LogP contribution < -0.4 is 24.0 Å². The van der Waals surface area contributed by atoms with Gasteiger partial charge in [0.25, 0.3) is 11.1 Å². The summed E-state index contributed by atoms with van der Waals surface area (Å²) < 4.78 is 27.8. The standard InChI is InChI=1S/C29H27ClN6O7S/c30-21-15-23-22(41-17-42-23)14-19(21)16-36-25(37)24(44-29(36)38)13-18-1-3-20(4-2-18)43-28-32-26(34-5-9-39-10-6-34)31-27(33-28)35-7-11-40-12-8-35/h1-4,13-15H,5-12,16-17H2/b24-13-. The predicted molar refractivity (Wildman–Crippen MR) is 161 cm³/mol. The van der Waals surface area contributed by atoms with Crippen molar-refractivity contribution in [1.29, 1.82) is 0 Å². The van der Waals surface area contributed by atoms with E-state index in [9.17, 15) is 9.59 Å². The molecule has 0 N–H and O–H groups in total. The van der Waals surface area contributed by atoms with Crippen molar-refractivity contribution in [3.8, 4) is 23.3 Å². The Kier molecular flexibility index (Phi) is 8.12. The summed E-state index contributed by atoms with van der Waals surface area (Å²) in [4.78, 5) is 45.3. The van der Waals surface area contributed by atoms with Crippen LogP contribution in [0.25, 0.3) is 6.08 Å². The number of aromatic nitrogens is 3. The number of carbonyl (C=O) groups excluding carboxylic acids is 2. The number of halogens is 1. The summed E-state index contributed by atoms with van der Waals surface area (Å²) in [6.45, 7) is 5.23. The van der Waals surface area contributed by atoms with E-state index >= 15 is 0 Å². The molecule has 0 atom stereocenters. The lowest BCUT2D eigenvalue weighted by Crippen LogP contribution is -2.40. The van der Waals surface area contributed by atoms with Crippen LogP contribution in [-0.2, 0) is 20.8 Å². The zero-order chi connectivity index (χ0) is 30.0. The Morgan fingerprint density at radius 3 is 2.11 bits per heavy atom. The number of rotatable bonds is 7. The minimum Gasteiger partial charge on any atom is -0.454 e. The van der Waals surface area contributed by atoms with Gasteiger partial charge in [-0.25, -0.2) is 0 Å². The molecule has 44 heavy (non-hydrogen) atoms. The lowest BCUT2D eigenvalue weighted by atomic mass is 10.1. The van der Waals surface area contributed by atoms with Crippen LogP contribution in [0.3, 0.4) is 0 Å². The van der Waals surface area contributed by atoms with Crippen LogP contribution >= 0.6 is 23.4 Å². The molecular formula is C29H27ClN6O7S. The summed E-state index contributed by atoms with van der Waals surface area (Å²) in [7, 11) is 0. The van der Waals surface area contributed by atoms with E-state index in [1.807, 2.05) is 0 Å². The van der Waals surface area contributed by atoms with Crippen LogP contribution in [0.2, 0.25) is 5.02 Å². The Labute approximate surface area is 261 Å². The van der Waals surface area contributed by atoms with Crippen LogP contribution in [0.1, 0.15) is 11.1 Å². The van der Waals surface area contributed by atoms with E-state index in [0.29, 0.717) is 97.2 Å². The van der Waals surface area contributed by atoms with Crippen molar-refractivity contribution in [3.05, 3.63) is 57.5 Å². The number of fused-ring (bicyclic) bond motifs is 1. The van der Waals surface area contributed by atoms with Gasteiger partial charge in [-0.05, 0) is 47.2 Å². The topological polar surface area (TPSA) is 129 Å². The molecule has 0 aliphatic carbocycles. The van der Waals surface area contributed by atoms with Gasteiger partial charge < -0.3 is 33.5 Å². The Morgan fingerprint density at radius 1 is 0.864 bits per heavy atom. The molecule has 2 amide bonds. The number of imide groups is 1. The van der Waals surface area contributed by atoms with Crippen LogP contribution in [0, 0.1) is 0 Å². The van der Waals surface area contributed by atoms with E-state index in [1.54, 1.807) is 42.5 Å². The number of anilines is 2. The smallest absolute Gasteiger partial charge is 0.328 e. The van der Waals surface area contributed by atoms with Gasteiger partial charge in [0.1, 0.15) is 5.75 Å². The third-order valence-corrected chi connectivity index (χ3v) is 8.57. The first-order chi connectivity index (χ1) is 21.5. The number of hydrogen-bond acceptors (Lipinski definition) is 13. The molecule has 1 aromatic heterocycles. The van der Waals surface area contributed by atoms with Gasteiger partial charge in [-0.3, -0.25) is 14.5 Å². The number of hydrogen-bond donors (Lipinski definition) is 0. The molecule has 3 aromatic rings. The number of carbonyl (C=O) groups is 2. The zero-order valence-electron chi connectivity index (χ0n) is 23.4. The molecule has 3 saturated heterocycles. The fourth-order valence-corrected chi connectivity index (χ4v) is 6.02. The first-order valence-electron chi connectivity index (χ1n) is 14.0. The van der Waals surface area contributed by atoms with Gasteiger partial charge in [-0.1, -0.05) is 23.7 Å². The predicted octanol–water partition coefficient (Wildman–Crippen LogP) is 3.96. The quantitative estimate of drug-likeness (QED) is 0.347. The largest absolute Gasteiger partial charge is 0.454 e. The van der Waals surface area contributed by atoms with Crippen LogP contribution in [-0.4, -0.2) is 90.4 Å². The highest BCUT2D eigenvalue weighted by molar-refractivity contribution is 8.18. The van der Waals surface area contributed by atoms with Crippen molar-refractivity contribution < 1.29 is 33.3 Å². The average molecular weight is 639 g/mol. The van der Waals surface area contributed by atoms with Gasteiger partial charge in [0.2, 0.25) is 18.7 Å². The van der Waals surface area contributed by atoms with Crippen LogP contribution in [0.15, 0.2) is 41.3 Å². The Hall–Kier alpha value is -4.11. The first kappa shape index (κ1) is 28.6. The van der Waals surface area contributed by atoms with Crippen LogP contribution in [0.5, 0.6) is 23.3 Å². The highest BCUT2D eigenvalue weighted by atomic mass is 35.5. The summed E-state index contributed by atoms with van der Waals surface area (Å²) in [5.41, 5.74) is 1.32. The van der Waals surface area contributed by atoms with E-state index < -0.39 is 5.91 Å². The second-order valence-electron chi connectivity index (χ2n) is 10.2. The third-order valence-electron chi connectivity index (χ3n) is 7.31. The van der Waals surface area contributed by atoms with Crippen molar-refractivity contribution in [2.45, 2.75) is 6.54 Å². The minimum absolute atomic E-state index is 0.0229. The number of benzene rings is 2. The maximum atomic E-state index is 13.1. The highest BCUT2D eigenvalue weighted by Crippen LogP contribution is 2.39. The molecule has 7 rings (SSSR count). The molecular weight excluding hydrogens is 612 g/mol. The average Bonchev–Trinajstić information content (AvgIpc) is 3.61. The monoisotopic (exact) mass is 638 g/mol. The lowest BCUT2D eigenvalue weighted by molar-refractivity contribution is -0.123. The van der Waals surface area contributed by atoms with Crippen LogP contribution in [0.4, 0.5) is 16.7 Å². The zero-order valence-corrected chi connectivity index (χ0v) is 25.0. The molecule has 4 aliphatic rings. The molecule has 5 heterocycles. The van der Waals surface area contributed by atoms with Gasteiger partial charge in [-0.15, -0.1) is 0 Å². The van der Waals surface area contributed by atoms with E-state index in [2.05, 4.69) is 19.8 Å². The van der Waals surface area contributed by atoms with Crippen molar-refractivity contribution in [1.82, 2.24) is 19.9 Å². The van der Waals surface area contributed by atoms with Gasteiger partial charge >= 0.3 is 6.01 Å². The van der Waals surface area contributed by atoms with E-state index in [0.717, 1.165) is 22.2 Å². The second kappa shape index (κ2) is 12.5. The summed E-state index contributed by atoms with van der Waals surface area (Å²) in [5, 5.41) is 0.0112. The summed E-state index contributed by atoms with van der Waals surface area (Å²) in [5.74, 6) is 2.25. The number of morpholine rings is 2. The molecule has 13 nitrogen and oxygen atoms in total. The van der Waals surface area contributed by atoms with Crippen molar-refractivity contribution >= 4 is 52.5 Å². The van der Waals surface area contributed by atoms with Crippen molar-refractivity contribution in [2.75, 3.05) is 69.2 Å². The third kappa shape index (κ3) is 6.11. The van der Waals surface area contributed by atoms with Gasteiger partial charge in [0.15, 0.2) is 11.5 Å². The molecule has 0 bridgehead atoms. The molecule has 3 fully saturated rings. The number of thioether (sulfide) groups is 1.